The van der Waals surface area contributed by atoms with Gasteiger partial charge in [-0.25, -0.2) is 0 Å². The number of hydrogen-bond acceptors (Lipinski definition) is 5. The number of rotatable bonds is 10. The highest BCUT2D eigenvalue weighted by Gasteiger charge is 2.33. The largest absolute Gasteiger partial charge is 0.493 e. The quantitative estimate of drug-likeness (QED) is 0.579. The van der Waals surface area contributed by atoms with Gasteiger partial charge in [-0.3, -0.25) is 4.79 Å². The minimum Gasteiger partial charge on any atom is -0.493 e. The normalized spacial score (nSPS) is 20.4. The van der Waals surface area contributed by atoms with Crippen LogP contribution in [0.4, 0.5) is 0 Å². The summed E-state index contributed by atoms with van der Waals surface area (Å²) in [7, 11) is 1.68. The third-order valence-corrected chi connectivity index (χ3v) is 7.06. The van der Waals surface area contributed by atoms with Crippen molar-refractivity contribution in [1.82, 2.24) is 9.80 Å². The third-order valence-electron chi connectivity index (χ3n) is 5.80. The van der Waals surface area contributed by atoms with E-state index >= 15 is 0 Å². The van der Waals surface area contributed by atoms with Crippen molar-refractivity contribution in [2.45, 2.75) is 57.4 Å². The van der Waals surface area contributed by atoms with Crippen molar-refractivity contribution in [3.05, 3.63) is 23.8 Å². The molecule has 1 atom stereocenters. The summed E-state index contributed by atoms with van der Waals surface area (Å²) >= 11 is 1.71. The number of thioether (sulfide) groups is 1. The SMILES string of the molecule is CCN(CC)CCCN1C(=O)CSC1c1ccc(OC)c(OC2CCCC2)c1. The Morgan fingerprint density at radius 1 is 1.18 bits per heavy atom. The first-order chi connectivity index (χ1) is 13.7. The van der Waals surface area contributed by atoms with Gasteiger partial charge in [-0.05, 0) is 69.4 Å². The van der Waals surface area contributed by atoms with Crippen LogP contribution in [0.5, 0.6) is 11.5 Å². The van der Waals surface area contributed by atoms with Crippen molar-refractivity contribution in [3.8, 4) is 11.5 Å². The van der Waals surface area contributed by atoms with Crippen molar-refractivity contribution >= 4 is 17.7 Å². The molecule has 1 aliphatic heterocycles. The Balaban J connectivity index is 1.70. The molecule has 1 aliphatic carbocycles. The minimum absolute atomic E-state index is 0.0704. The molecule has 5 nitrogen and oxygen atoms in total. The van der Waals surface area contributed by atoms with Crippen LogP contribution >= 0.6 is 11.8 Å². The van der Waals surface area contributed by atoms with E-state index in [0.29, 0.717) is 5.75 Å². The third kappa shape index (κ3) is 5.15. The fraction of sp³-hybridized carbons (Fsp3) is 0.682. The molecular weight excluding hydrogens is 372 g/mol. The smallest absolute Gasteiger partial charge is 0.233 e. The second-order valence-corrected chi connectivity index (χ2v) is 8.63. The zero-order valence-electron chi connectivity index (χ0n) is 17.5. The molecule has 156 valence electrons. The summed E-state index contributed by atoms with van der Waals surface area (Å²) < 4.78 is 11.8. The van der Waals surface area contributed by atoms with Crippen LogP contribution < -0.4 is 9.47 Å². The summed E-state index contributed by atoms with van der Waals surface area (Å²) in [5.41, 5.74) is 1.13. The van der Waals surface area contributed by atoms with Gasteiger partial charge in [0.1, 0.15) is 5.37 Å². The molecule has 1 heterocycles. The van der Waals surface area contributed by atoms with Gasteiger partial charge in [0.05, 0.1) is 19.0 Å². The van der Waals surface area contributed by atoms with Crippen LogP contribution in [0, 0.1) is 0 Å². The maximum Gasteiger partial charge on any atom is 0.233 e. The van der Waals surface area contributed by atoms with Gasteiger partial charge < -0.3 is 19.3 Å². The topological polar surface area (TPSA) is 42.0 Å². The lowest BCUT2D eigenvalue weighted by molar-refractivity contribution is -0.128. The van der Waals surface area contributed by atoms with Crippen LogP contribution in [0.1, 0.15) is 56.9 Å². The van der Waals surface area contributed by atoms with Crippen LogP contribution in [0.2, 0.25) is 0 Å². The lowest BCUT2D eigenvalue weighted by Gasteiger charge is -2.26. The van der Waals surface area contributed by atoms with Gasteiger partial charge >= 0.3 is 0 Å². The molecule has 0 aromatic heterocycles. The molecule has 0 bridgehead atoms. The second kappa shape index (κ2) is 10.4. The Morgan fingerprint density at radius 2 is 1.93 bits per heavy atom. The van der Waals surface area contributed by atoms with Crippen molar-refractivity contribution in [2.75, 3.05) is 39.0 Å². The summed E-state index contributed by atoms with van der Waals surface area (Å²) in [6.07, 6.45) is 5.99. The first-order valence-electron chi connectivity index (χ1n) is 10.6. The van der Waals surface area contributed by atoms with Crippen molar-refractivity contribution < 1.29 is 14.3 Å². The zero-order valence-corrected chi connectivity index (χ0v) is 18.3. The summed E-state index contributed by atoms with van der Waals surface area (Å²) in [5.74, 6) is 2.39. The van der Waals surface area contributed by atoms with Crippen molar-refractivity contribution in [3.63, 3.8) is 0 Å². The molecule has 3 rings (SSSR count). The number of carbonyl (C=O) groups excluding carboxylic acids is 1. The van der Waals surface area contributed by atoms with E-state index < -0.39 is 0 Å². The fourth-order valence-electron chi connectivity index (χ4n) is 4.10. The number of amides is 1. The monoisotopic (exact) mass is 406 g/mol. The van der Waals surface area contributed by atoms with Gasteiger partial charge in [0.25, 0.3) is 0 Å². The average Bonchev–Trinajstić information content (AvgIpc) is 3.35. The predicted molar refractivity (Wildman–Crippen MR) is 115 cm³/mol. The Kier molecular flexibility index (Phi) is 7.91. The van der Waals surface area contributed by atoms with Crippen LogP contribution in [-0.4, -0.2) is 60.9 Å². The van der Waals surface area contributed by atoms with Crippen LogP contribution in [-0.2, 0) is 4.79 Å². The minimum atomic E-state index is 0.0704. The van der Waals surface area contributed by atoms with E-state index in [4.69, 9.17) is 9.47 Å². The average molecular weight is 407 g/mol. The summed E-state index contributed by atoms with van der Waals surface area (Å²) in [6.45, 7) is 8.33. The molecule has 1 amide bonds. The standard InChI is InChI=1S/C22H34N2O3S/c1-4-23(5-2)13-8-14-24-21(25)16-28-22(24)17-11-12-19(26-3)20(15-17)27-18-9-6-7-10-18/h11-12,15,18,22H,4-10,13-14,16H2,1-3H3. The van der Waals surface area contributed by atoms with E-state index in [1.54, 1.807) is 18.9 Å². The fourth-order valence-corrected chi connectivity index (χ4v) is 5.31. The molecule has 1 saturated heterocycles. The van der Waals surface area contributed by atoms with Crippen molar-refractivity contribution in [2.24, 2.45) is 0 Å². The predicted octanol–water partition coefficient (Wildman–Crippen LogP) is 4.32. The van der Waals surface area contributed by atoms with E-state index in [1.807, 2.05) is 11.0 Å². The highest BCUT2D eigenvalue weighted by Crippen LogP contribution is 2.42. The molecule has 0 radical (unpaired) electrons. The number of ether oxygens (including phenoxy) is 2. The number of nitrogens with zero attached hydrogens (tertiary/aromatic N) is 2. The van der Waals surface area contributed by atoms with E-state index in [9.17, 15) is 4.79 Å². The first kappa shape index (κ1) is 21.3. The summed E-state index contributed by atoms with van der Waals surface area (Å²) in [4.78, 5) is 16.9. The lowest BCUT2D eigenvalue weighted by Crippen LogP contribution is -2.32. The summed E-state index contributed by atoms with van der Waals surface area (Å²) in [6, 6.07) is 6.15. The lowest BCUT2D eigenvalue weighted by atomic mass is 10.1. The Hall–Kier alpha value is -1.40. The molecule has 0 spiro atoms. The molecule has 1 aromatic rings. The van der Waals surface area contributed by atoms with Gasteiger partial charge in [0, 0.05) is 6.54 Å². The highest BCUT2D eigenvalue weighted by molar-refractivity contribution is 8.00. The Labute approximate surface area is 173 Å². The number of carbonyl (C=O) groups is 1. The molecule has 0 N–H and O–H groups in total. The number of methoxy groups -OCH3 is 1. The van der Waals surface area contributed by atoms with E-state index in [1.165, 1.54) is 12.8 Å². The highest BCUT2D eigenvalue weighted by atomic mass is 32.2. The van der Waals surface area contributed by atoms with E-state index in [2.05, 4.69) is 30.9 Å². The second-order valence-electron chi connectivity index (χ2n) is 7.57. The maximum atomic E-state index is 12.5. The molecule has 1 unspecified atom stereocenters. The molecule has 2 fully saturated rings. The maximum absolute atomic E-state index is 12.5. The summed E-state index contributed by atoms with van der Waals surface area (Å²) in [5, 5.41) is 0.0704. The first-order valence-corrected chi connectivity index (χ1v) is 11.7. The zero-order chi connectivity index (χ0) is 19.9. The Bertz CT molecular complexity index is 645. The van der Waals surface area contributed by atoms with Gasteiger partial charge in [-0.2, -0.15) is 0 Å². The molecule has 28 heavy (non-hydrogen) atoms. The van der Waals surface area contributed by atoms with Crippen LogP contribution in [0.25, 0.3) is 0 Å². The van der Waals surface area contributed by atoms with Gasteiger partial charge in [-0.15, -0.1) is 11.8 Å². The molecular formula is C22H34N2O3S. The molecule has 1 saturated carbocycles. The number of benzene rings is 1. The van der Waals surface area contributed by atoms with Gasteiger partial charge in [0.15, 0.2) is 11.5 Å². The van der Waals surface area contributed by atoms with E-state index in [-0.39, 0.29) is 17.4 Å². The van der Waals surface area contributed by atoms with Gasteiger partial charge in [0.2, 0.25) is 5.91 Å². The van der Waals surface area contributed by atoms with E-state index in [0.717, 1.165) is 62.5 Å². The van der Waals surface area contributed by atoms with Crippen LogP contribution in [0.15, 0.2) is 18.2 Å². The Morgan fingerprint density at radius 3 is 2.61 bits per heavy atom. The number of hydrogen-bond donors (Lipinski definition) is 0. The van der Waals surface area contributed by atoms with Gasteiger partial charge in [-0.1, -0.05) is 19.9 Å². The molecule has 6 heteroatoms. The van der Waals surface area contributed by atoms with Crippen LogP contribution in [0.3, 0.4) is 0 Å². The molecule has 1 aromatic carbocycles. The molecule has 2 aliphatic rings. The van der Waals surface area contributed by atoms with Crippen molar-refractivity contribution in [1.29, 1.82) is 0 Å².